The lowest BCUT2D eigenvalue weighted by molar-refractivity contribution is -0.182. The number of ether oxygens (including phenoxy) is 1. The van der Waals surface area contributed by atoms with E-state index in [0.717, 1.165) is 61.5 Å². The molecule has 3 saturated carbocycles. The zero-order valence-corrected chi connectivity index (χ0v) is 19.5. The quantitative estimate of drug-likeness (QED) is 0.633. The molecule has 170 valence electrons. The van der Waals surface area contributed by atoms with Gasteiger partial charge >= 0.3 is 0 Å². The number of aromatic nitrogens is 2. The van der Waals surface area contributed by atoms with Gasteiger partial charge in [0.25, 0.3) is 0 Å². The Labute approximate surface area is 193 Å². The average molecular weight is 455 g/mol. The largest absolute Gasteiger partial charge is 0.487 e. The molecule has 2 aromatic rings. The van der Waals surface area contributed by atoms with E-state index in [1.165, 1.54) is 0 Å². The van der Waals surface area contributed by atoms with Crippen molar-refractivity contribution in [2.75, 3.05) is 0 Å². The second-order valence-electron chi connectivity index (χ2n) is 11.3. The topological polar surface area (TPSA) is 85.2 Å². The van der Waals surface area contributed by atoms with Crippen LogP contribution in [0.3, 0.4) is 0 Å². The second-order valence-corrected chi connectivity index (χ2v) is 11.7. The van der Waals surface area contributed by atoms with Crippen molar-refractivity contribution in [3.63, 3.8) is 0 Å². The summed E-state index contributed by atoms with van der Waals surface area (Å²) in [6, 6.07) is 3.26. The number of aliphatic hydroxyl groups is 1. The Morgan fingerprint density at radius 3 is 2.72 bits per heavy atom. The van der Waals surface area contributed by atoms with Crippen LogP contribution in [-0.4, -0.2) is 44.4 Å². The van der Waals surface area contributed by atoms with Gasteiger partial charge in [-0.2, -0.15) is 5.26 Å². The van der Waals surface area contributed by atoms with Crippen molar-refractivity contribution in [3.05, 3.63) is 23.0 Å². The highest BCUT2D eigenvalue weighted by molar-refractivity contribution is 6.37. The maximum atomic E-state index is 11.4. The van der Waals surface area contributed by atoms with Crippen molar-refractivity contribution < 1.29 is 9.84 Å². The lowest BCUT2D eigenvalue weighted by atomic mass is 9.50. The second kappa shape index (κ2) is 7.09. The van der Waals surface area contributed by atoms with Gasteiger partial charge in [-0.05, 0) is 68.3 Å². The van der Waals surface area contributed by atoms with Gasteiger partial charge in [-0.25, -0.2) is 4.98 Å². The van der Waals surface area contributed by atoms with Gasteiger partial charge < -0.3 is 14.8 Å². The number of fused-ring (bicyclic) bond motifs is 1. The molecule has 0 radical (unpaired) electrons. The molecule has 0 amide bonds. The fourth-order valence-corrected chi connectivity index (χ4v) is 7.55. The van der Waals surface area contributed by atoms with Gasteiger partial charge in [0, 0.05) is 23.7 Å². The predicted octanol–water partition coefficient (Wildman–Crippen LogP) is 5.12. The highest BCUT2D eigenvalue weighted by Crippen LogP contribution is 2.61. The van der Waals surface area contributed by atoms with Gasteiger partial charge in [0.2, 0.25) is 0 Å². The van der Waals surface area contributed by atoms with Gasteiger partial charge in [0.05, 0.1) is 28.8 Å². The van der Waals surface area contributed by atoms with Crippen molar-refractivity contribution in [3.8, 4) is 11.8 Å². The van der Waals surface area contributed by atoms with E-state index in [1.807, 2.05) is 6.20 Å². The SMILES string of the molecule is CC(CC(O)N1C2CC3(C)CC1CC(C#N)(C2)C3)c1c[nH]c2ncc(OC3CC3)c(Cl)c12. The lowest BCUT2D eigenvalue weighted by Gasteiger charge is -2.64. The minimum Gasteiger partial charge on any atom is -0.487 e. The number of hydrogen-bond donors (Lipinski definition) is 2. The first kappa shape index (κ1) is 20.8. The molecule has 5 fully saturated rings. The number of aromatic amines is 1. The first-order valence-corrected chi connectivity index (χ1v) is 12.4. The van der Waals surface area contributed by atoms with Gasteiger partial charge in [-0.3, -0.25) is 4.90 Å². The van der Waals surface area contributed by atoms with Gasteiger partial charge in [0.15, 0.2) is 5.75 Å². The molecule has 6 nitrogen and oxygen atoms in total. The van der Waals surface area contributed by atoms with Crippen LogP contribution in [0.5, 0.6) is 5.75 Å². The number of nitrogens with zero attached hydrogens (tertiary/aromatic N) is 3. The molecule has 7 heteroatoms. The fraction of sp³-hybridized carbons (Fsp3) is 0.680. The van der Waals surface area contributed by atoms with Crippen molar-refractivity contribution in [2.45, 2.75) is 95.5 Å². The minimum atomic E-state index is -0.526. The van der Waals surface area contributed by atoms with Crippen LogP contribution in [0.15, 0.2) is 12.4 Å². The van der Waals surface area contributed by atoms with E-state index in [-0.39, 0.29) is 22.9 Å². The monoisotopic (exact) mass is 454 g/mol. The molecular weight excluding hydrogens is 424 g/mol. The summed E-state index contributed by atoms with van der Waals surface area (Å²) >= 11 is 6.75. The number of rotatable bonds is 6. The molecule has 2 saturated heterocycles. The summed E-state index contributed by atoms with van der Waals surface area (Å²) in [4.78, 5) is 10.1. The van der Waals surface area contributed by atoms with Gasteiger partial charge in [-0.1, -0.05) is 25.4 Å². The standard InChI is InChI=1S/C25H31ClN4O2/c1-14(18-10-28-23-21(18)22(26)19(11-29-23)32-17-3-4-17)5-20(31)30-15-6-24(2)7-16(30)9-25(8-15,12-24)13-27/h10-11,14-17,20,31H,3-9,12H2,1-2H3,(H,28,29). The summed E-state index contributed by atoms with van der Waals surface area (Å²) in [6.07, 6.45) is 11.2. The molecule has 4 unspecified atom stereocenters. The molecule has 2 aromatic heterocycles. The third-order valence-electron chi connectivity index (χ3n) is 8.45. The zero-order valence-electron chi connectivity index (χ0n) is 18.8. The molecule has 3 aliphatic carbocycles. The average Bonchev–Trinajstić information content (AvgIpc) is 3.43. The smallest absolute Gasteiger partial charge is 0.157 e. The summed E-state index contributed by atoms with van der Waals surface area (Å²) in [5, 5.41) is 22.8. The van der Waals surface area contributed by atoms with Crippen molar-refractivity contribution in [2.24, 2.45) is 10.8 Å². The molecule has 4 atom stereocenters. The van der Waals surface area contributed by atoms with Crippen molar-refractivity contribution in [1.82, 2.24) is 14.9 Å². The van der Waals surface area contributed by atoms with Crippen molar-refractivity contribution >= 4 is 22.6 Å². The van der Waals surface area contributed by atoms with E-state index in [2.05, 4.69) is 34.8 Å². The molecule has 2 aliphatic heterocycles. The van der Waals surface area contributed by atoms with Crippen molar-refractivity contribution in [1.29, 1.82) is 5.26 Å². The van der Waals surface area contributed by atoms with Crippen LogP contribution in [0.2, 0.25) is 5.02 Å². The van der Waals surface area contributed by atoms with Gasteiger partial charge in [-0.15, -0.1) is 0 Å². The van der Waals surface area contributed by atoms with Crippen LogP contribution in [0.25, 0.3) is 11.0 Å². The molecule has 5 aliphatic rings. The van der Waals surface area contributed by atoms with E-state index in [1.54, 1.807) is 6.20 Å². The molecule has 0 spiro atoms. The summed E-state index contributed by atoms with van der Waals surface area (Å²) < 4.78 is 5.95. The van der Waals surface area contributed by atoms with E-state index in [0.29, 0.717) is 29.3 Å². The minimum absolute atomic E-state index is 0.104. The zero-order chi connectivity index (χ0) is 22.3. The van der Waals surface area contributed by atoms with E-state index in [9.17, 15) is 10.4 Å². The first-order chi connectivity index (χ1) is 15.3. The highest BCUT2D eigenvalue weighted by atomic mass is 35.5. The lowest BCUT2D eigenvalue weighted by Crippen LogP contribution is -2.66. The summed E-state index contributed by atoms with van der Waals surface area (Å²) in [7, 11) is 0. The number of piperidine rings is 2. The third-order valence-corrected chi connectivity index (χ3v) is 8.82. The Morgan fingerprint density at radius 2 is 2.06 bits per heavy atom. The van der Waals surface area contributed by atoms with E-state index < -0.39 is 6.23 Å². The maximum Gasteiger partial charge on any atom is 0.157 e. The van der Waals surface area contributed by atoms with E-state index in [4.69, 9.17) is 16.3 Å². The summed E-state index contributed by atoms with van der Waals surface area (Å²) in [6.45, 7) is 4.48. The molecular formula is C25H31ClN4O2. The highest BCUT2D eigenvalue weighted by Gasteiger charge is 2.60. The number of H-pyrrole nitrogens is 1. The maximum absolute atomic E-state index is 11.4. The number of aliphatic hydroxyl groups excluding tert-OH is 1. The Bertz CT molecular complexity index is 1090. The molecule has 4 bridgehead atoms. The third kappa shape index (κ3) is 3.24. The number of nitrogens with one attached hydrogen (secondary N) is 1. The Balaban J connectivity index is 1.23. The number of halogens is 1. The summed E-state index contributed by atoms with van der Waals surface area (Å²) in [5.41, 5.74) is 1.89. The van der Waals surface area contributed by atoms with Gasteiger partial charge in [0.1, 0.15) is 11.9 Å². The number of hydrogen-bond acceptors (Lipinski definition) is 5. The van der Waals surface area contributed by atoms with E-state index >= 15 is 0 Å². The van der Waals surface area contributed by atoms with Crippen LogP contribution in [0, 0.1) is 22.2 Å². The molecule has 4 heterocycles. The predicted molar refractivity (Wildman–Crippen MR) is 122 cm³/mol. The Hall–Kier alpha value is -1.81. The van der Waals surface area contributed by atoms with Crippen LogP contribution < -0.4 is 4.74 Å². The van der Waals surface area contributed by atoms with Crippen LogP contribution in [-0.2, 0) is 0 Å². The molecule has 7 rings (SSSR count). The van der Waals surface area contributed by atoms with Crippen LogP contribution in [0.4, 0.5) is 0 Å². The number of pyridine rings is 1. The Kier molecular flexibility index (Phi) is 4.60. The number of nitriles is 1. The Morgan fingerprint density at radius 1 is 1.34 bits per heavy atom. The summed E-state index contributed by atoms with van der Waals surface area (Å²) in [5.74, 6) is 0.752. The fourth-order valence-electron chi connectivity index (χ4n) is 7.26. The first-order valence-electron chi connectivity index (χ1n) is 12.0. The molecule has 32 heavy (non-hydrogen) atoms. The van der Waals surface area contributed by atoms with Crippen LogP contribution >= 0.6 is 11.6 Å². The molecule has 2 N–H and O–H groups in total. The van der Waals surface area contributed by atoms with Crippen LogP contribution in [0.1, 0.15) is 76.7 Å². The normalized spacial score (nSPS) is 35.7. The molecule has 0 aromatic carbocycles.